The molecule has 2 rings (SSSR count). The van der Waals surface area contributed by atoms with Crippen molar-refractivity contribution < 1.29 is 9.90 Å². The van der Waals surface area contributed by atoms with Crippen LogP contribution in [0.4, 0.5) is 0 Å². The highest BCUT2D eigenvalue weighted by atomic mass is 79.9. The first-order valence-corrected chi connectivity index (χ1v) is 7.02. The Labute approximate surface area is 117 Å². The van der Waals surface area contributed by atoms with Gasteiger partial charge < -0.3 is 5.11 Å². The lowest BCUT2D eigenvalue weighted by Gasteiger charge is -2.42. The molecule has 0 radical (unpaired) electrons. The maximum absolute atomic E-state index is 11.2. The lowest BCUT2D eigenvalue weighted by atomic mass is 9.63. The molecule has 18 heavy (non-hydrogen) atoms. The summed E-state index contributed by atoms with van der Waals surface area (Å²) in [6.45, 7) is 8.84. The van der Waals surface area contributed by atoms with E-state index in [0.717, 1.165) is 17.3 Å². The van der Waals surface area contributed by atoms with Gasteiger partial charge >= 0.3 is 5.97 Å². The number of benzene rings is 1. The number of carbonyl (C=O) groups is 1. The van der Waals surface area contributed by atoms with Crippen LogP contribution in [-0.4, -0.2) is 11.1 Å². The summed E-state index contributed by atoms with van der Waals surface area (Å²) >= 11 is 3.57. The fraction of sp³-hybridized carbons (Fsp3) is 0.533. The van der Waals surface area contributed by atoms with Crippen LogP contribution in [0.25, 0.3) is 0 Å². The Bertz CT molecular complexity index is 515. The highest BCUT2D eigenvalue weighted by Gasteiger charge is 2.38. The van der Waals surface area contributed by atoms with Gasteiger partial charge in [0.2, 0.25) is 0 Å². The molecule has 0 heterocycles. The quantitative estimate of drug-likeness (QED) is 0.829. The zero-order valence-corrected chi connectivity index (χ0v) is 12.9. The molecule has 98 valence electrons. The van der Waals surface area contributed by atoms with E-state index in [1.54, 1.807) is 6.07 Å². The standard InChI is InChI=1S/C15H19BrO2/c1-14(2)5-6-15(3,4)12-10(14)7-9(13(17)18)8-11(12)16/h7-8H,5-6H2,1-4H3,(H,17,18). The van der Waals surface area contributed by atoms with Crippen molar-refractivity contribution in [3.63, 3.8) is 0 Å². The third kappa shape index (κ3) is 2.09. The first-order valence-electron chi connectivity index (χ1n) is 6.23. The van der Waals surface area contributed by atoms with Gasteiger partial charge in [-0.15, -0.1) is 0 Å². The normalized spacial score (nSPS) is 20.3. The van der Waals surface area contributed by atoms with Crippen LogP contribution in [-0.2, 0) is 10.8 Å². The van der Waals surface area contributed by atoms with Gasteiger partial charge in [-0.2, -0.15) is 0 Å². The van der Waals surface area contributed by atoms with Gasteiger partial charge in [-0.25, -0.2) is 4.79 Å². The molecule has 0 aliphatic heterocycles. The Kier molecular flexibility index (Phi) is 3.09. The lowest BCUT2D eigenvalue weighted by Crippen LogP contribution is -2.34. The fourth-order valence-electron chi connectivity index (χ4n) is 2.84. The number of carboxylic acids is 1. The molecule has 1 N–H and O–H groups in total. The molecule has 3 heteroatoms. The fourth-order valence-corrected chi connectivity index (χ4v) is 3.83. The van der Waals surface area contributed by atoms with Crippen LogP contribution in [0.5, 0.6) is 0 Å². The maximum Gasteiger partial charge on any atom is 0.335 e. The zero-order chi connectivity index (χ0) is 13.7. The van der Waals surface area contributed by atoms with Crippen LogP contribution in [0.15, 0.2) is 16.6 Å². The van der Waals surface area contributed by atoms with E-state index >= 15 is 0 Å². The topological polar surface area (TPSA) is 37.3 Å². The van der Waals surface area contributed by atoms with Crippen molar-refractivity contribution in [1.29, 1.82) is 0 Å². The molecule has 0 saturated carbocycles. The maximum atomic E-state index is 11.2. The van der Waals surface area contributed by atoms with Gasteiger partial charge in [0, 0.05) is 4.47 Å². The number of fused-ring (bicyclic) bond motifs is 1. The van der Waals surface area contributed by atoms with E-state index in [1.807, 2.05) is 6.07 Å². The monoisotopic (exact) mass is 310 g/mol. The summed E-state index contributed by atoms with van der Waals surface area (Å²) in [6.07, 6.45) is 2.21. The molecule has 0 unspecified atom stereocenters. The van der Waals surface area contributed by atoms with Crippen molar-refractivity contribution in [2.75, 3.05) is 0 Å². The molecule has 2 nitrogen and oxygen atoms in total. The second kappa shape index (κ2) is 4.09. The van der Waals surface area contributed by atoms with Crippen molar-refractivity contribution in [3.05, 3.63) is 33.3 Å². The molecule has 0 spiro atoms. The van der Waals surface area contributed by atoms with Crippen molar-refractivity contribution in [3.8, 4) is 0 Å². The van der Waals surface area contributed by atoms with Crippen LogP contribution in [0.3, 0.4) is 0 Å². The number of carboxylic acid groups (broad SMARTS) is 1. The third-order valence-electron chi connectivity index (χ3n) is 4.12. The van der Waals surface area contributed by atoms with E-state index in [-0.39, 0.29) is 10.8 Å². The van der Waals surface area contributed by atoms with Crippen LogP contribution in [0, 0.1) is 0 Å². The summed E-state index contributed by atoms with van der Waals surface area (Å²) in [5.74, 6) is -0.863. The molecule has 0 amide bonds. The molecular weight excluding hydrogens is 292 g/mol. The second-order valence-corrected chi connectivity index (χ2v) is 7.31. The molecule has 0 atom stereocenters. The van der Waals surface area contributed by atoms with Crippen LogP contribution < -0.4 is 0 Å². The van der Waals surface area contributed by atoms with Gasteiger partial charge in [-0.1, -0.05) is 43.6 Å². The van der Waals surface area contributed by atoms with Crippen LogP contribution in [0.1, 0.15) is 62.0 Å². The Morgan fingerprint density at radius 1 is 1.17 bits per heavy atom. The van der Waals surface area contributed by atoms with Gasteiger partial charge in [0.15, 0.2) is 0 Å². The minimum atomic E-state index is -0.863. The number of halogens is 1. The zero-order valence-electron chi connectivity index (χ0n) is 11.3. The van der Waals surface area contributed by atoms with Gasteiger partial charge in [0.05, 0.1) is 5.56 Å². The van der Waals surface area contributed by atoms with E-state index in [9.17, 15) is 9.90 Å². The Morgan fingerprint density at radius 3 is 2.28 bits per heavy atom. The number of aromatic carboxylic acids is 1. The smallest absolute Gasteiger partial charge is 0.335 e. The summed E-state index contributed by atoms with van der Waals surface area (Å²) in [5, 5.41) is 9.19. The average Bonchev–Trinajstić information content (AvgIpc) is 2.23. The molecule has 1 aliphatic carbocycles. The first kappa shape index (κ1) is 13.6. The number of rotatable bonds is 1. The first-order chi connectivity index (χ1) is 8.15. The second-order valence-electron chi connectivity index (χ2n) is 6.45. The highest BCUT2D eigenvalue weighted by Crippen LogP contribution is 2.48. The Hall–Kier alpha value is -0.830. The van der Waals surface area contributed by atoms with E-state index in [0.29, 0.717) is 5.56 Å². The third-order valence-corrected chi connectivity index (χ3v) is 4.74. The predicted molar refractivity (Wildman–Crippen MR) is 76.4 cm³/mol. The summed E-state index contributed by atoms with van der Waals surface area (Å²) in [7, 11) is 0. The van der Waals surface area contributed by atoms with E-state index in [1.165, 1.54) is 11.1 Å². The minimum Gasteiger partial charge on any atom is -0.478 e. The highest BCUT2D eigenvalue weighted by molar-refractivity contribution is 9.10. The molecule has 0 bridgehead atoms. The molecule has 1 aromatic carbocycles. The lowest BCUT2D eigenvalue weighted by molar-refractivity contribution is 0.0696. The Morgan fingerprint density at radius 2 is 1.72 bits per heavy atom. The predicted octanol–water partition coefficient (Wildman–Crippen LogP) is 4.50. The molecule has 0 fully saturated rings. The van der Waals surface area contributed by atoms with Gasteiger partial charge in [0.1, 0.15) is 0 Å². The summed E-state index contributed by atoms with van der Waals surface area (Å²) in [5.41, 5.74) is 2.94. The molecule has 0 aromatic heterocycles. The van der Waals surface area contributed by atoms with E-state index in [4.69, 9.17) is 0 Å². The molecule has 1 aliphatic rings. The van der Waals surface area contributed by atoms with E-state index in [2.05, 4.69) is 43.6 Å². The van der Waals surface area contributed by atoms with Crippen molar-refractivity contribution >= 4 is 21.9 Å². The van der Waals surface area contributed by atoms with Crippen LogP contribution in [0.2, 0.25) is 0 Å². The summed E-state index contributed by atoms with van der Waals surface area (Å²) < 4.78 is 0.926. The van der Waals surface area contributed by atoms with Crippen molar-refractivity contribution in [2.45, 2.75) is 51.4 Å². The minimum absolute atomic E-state index is 0.0405. The average molecular weight is 311 g/mol. The van der Waals surface area contributed by atoms with Gasteiger partial charge in [-0.3, -0.25) is 0 Å². The van der Waals surface area contributed by atoms with E-state index < -0.39 is 5.97 Å². The molecule has 1 aromatic rings. The van der Waals surface area contributed by atoms with Crippen molar-refractivity contribution in [1.82, 2.24) is 0 Å². The van der Waals surface area contributed by atoms with Crippen LogP contribution >= 0.6 is 15.9 Å². The SMILES string of the molecule is CC1(C)CCC(C)(C)c2c(Br)cc(C(=O)O)cc21. The largest absolute Gasteiger partial charge is 0.478 e. The summed E-state index contributed by atoms with van der Waals surface area (Å²) in [4.78, 5) is 11.2. The van der Waals surface area contributed by atoms with Gasteiger partial charge in [0.25, 0.3) is 0 Å². The molecule has 0 saturated heterocycles. The van der Waals surface area contributed by atoms with Gasteiger partial charge in [-0.05, 0) is 46.9 Å². The molecular formula is C15H19BrO2. The number of hydrogen-bond donors (Lipinski definition) is 1. The summed E-state index contributed by atoms with van der Waals surface area (Å²) in [6, 6.07) is 3.58. The Balaban J connectivity index is 2.75. The van der Waals surface area contributed by atoms with Crippen molar-refractivity contribution in [2.24, 2.45) is 0 Å². The number of hydrogen-bond acceptors (Lipinski definition) is 1.